The first-order valence-electron chi connectivity index (χ1n) is 16.9. The summed E-state index contributed by atoms with van der Waals surface area (Å²) < 4.78 is 0. The molecule has 228 valence electrons. The molecular formula is C36H60O4. The third kappa shape index (κ3) is 13.2. The smallest absolute Gasteiger partial charge is 0.303 e. The highest BCUT2D eigenvalue weighted by Gasteiger charge is 2.41. The number of aliphatic carboxylic acids is 2. The van der Waals surface area contributed by atoms with Crippen molar-refractivity contribution in [3.8, 4) is 0 Å². The topological polar surface area (TPSA) is 74.6 Å². The lowest BCUT2D eigenvalue weighted by molar-refractivity contribution is -0.138. The second kappa shape index (κ2) is 20.9. The van der Waals surface area contributed by atoms with E-state index >= 15 is 0 Å². The minimum atomic E-state index is -0.678. The van der Waals surface area contributed by atoms with Gasteiger partial charge < -0.3 is 10.2 Å². The average Bonchev–Trinajstić information content (AvgIpc) is 2.93. The van der Waals surface area contributed by atoms with Crippen LogP contribution in [0.1, 0.15) is 142 Å². The molecule has 0 aromatic carbocycles. The van der Waals surface area contributed by atoms with Gasteiger partial charge in [-0.05, 0) is 86.9 Å². The van der Waals surface area contributed by atoms with Crippen LogP contribution in [-0.2, 0) is 9.59 Å². The van der Waals surface area contributed by atoms with Crippen LogP contribution in [0.25, 0.3) is 0 Å². The van der Waals surface area contributed by atoms with Crippen molar-refractivity contribution in [3.05, 3.63) is 37.0 Å². The van der Waals surface area contributed by atoms with E-state index in [1.54, 1.807) is 0 Å². The van der Waals surface area contributed by atoms with Gasteiger partial charge in [0.05, 0.1) is 0 Å². The second-order valence-electron chi connectivity index (χ2n) is 12.7. The van der Waals surface area contributed by atoms with E-state index in [2.05, 4.69) is 43.9 Å². The number of unbranched alkanes of at least 4 members (excludes halogenated alkanes) is 11. The number of hydrogen-bond acceptors (Lipinski definition) is 2. The Bertz CT molecular complexity index is 769. The van der Waals surface area contributed by atoms with Gasteiger partial charge in [-0.25, -0.2) is 0 Å². The lowest BCUT2D eigenvalue weighted by Gasteiger charge is -2.46. The highest BCUT2D eigenvalue weighted by Crippen LogP contribution is 2.49. The van der Waals surface area contributed by atoms with Gasteiger partial charge >= 0.3 is 11.9 Å². The van der Waals surface area contributed by atoms with Crippen LogP contribution in [0.4, 0.5) is 0 Å². The Labute approximate surface area is 245 Å². The predicted molar refractivity (Wildman–Crippen MR) is 167 cm³/mol. The predicted octanol–water partition coefficient (Wildman–Crippen LogP) is 10.4. The maximum absolute atomic E-state index is 10.8. The summed E-state index contributed by atoms with van der Waals surface area (Å²) in [7, 11) is 0. The van der Waals surface area contributed by atoms with Gasteiger partial charge in [0.2, 0.25) is 0 Å². The van der Waals surface area contributed by atoms with Crippen LogP contribution >= 0.6 is 0 Å². The lowest BCUT2D eigenvalue weighted by Crippen LogP contribution is -2.39. The van der Waals surface area contributed by atoms with Gasteiger partial charge in [-0.15, -0.1) is 6.58 Å². The Morgan fingerprint density at radius 2 is 1.02 bits per heavy atom. The van der Waals surface area contributed by atoms with Gasteiger partial charge in [0, 0.05) is 12.8 Å². The Balaban J connectivity index is 2.02. The molecule has 0 radical (unpaired) electrons. The fourth-order valence-electron chi connectivity index (χ4n) is 7.45. The second-order valence-corrected chi connectivity index (χ2v) is 12.7. The van der Waals surface area contributed by atoms with Crippen molar-refractivity contribution in [2.75, 3.05) is 0 Å². The Kier molecular flexibility index (Phi) is 18.0. The first-order chi connectivity index (χ1) is 19.5. The maximum Gasteiger partial charge on any atom is 0.303 e. The largest absolute Gasteiger partial charge is 0.481 e. The fourth-order valence-corrected chi connectivity index (χ4v) is 7.45. The van der Waals surface area contributed by atoms with E-state index in [4.69, 9.17) is 10.2 Å². The van der Waals surface area contributed by atoms with E-state index in [0.717, 1.165) is 50.9 Å². The molecule has 0 fully saturated rings. The molecule has 4 nitrogen and oxygen atoms in total. The fraction of sp³-hybridized carbons (Fsp3) is 0.778. The maximum atomic E-state index is 10.8. The molecule has 0 spiro atoms. The Hall–Kier alpha value is -1.84. The van der Waals surface area contributed by atoms with Gasteiger partial charge in [0.25, 0.3) is 0 Å². The molecule has 0 aromatic rings. The molecule has 0 amide bonds. The third-order valence-corrected chi connectivity index (χ3v) is 9.64. The number of carbonyl (C=O) groups is 2. The quantitative estimate of drug-likeness (QED) is 0.0916. The lowest BCUT2D eigenvalue weighted by atomic mass is 9.58. The summed E-state index contributed by atoms with van der Waals surface area (Å²) in [4.78, 5) is 21.6. The van der Waals surface area contributed by atoms with Crippen molar-refractivity contribution in [1.29, 1.82) is 0 Å². The number of hydrogen-bond donors (Lipinski definition) is 2. The molecule has 6 atom stereocenters. The van der Waals surface area contributed by atoms with E-state index < -0.39 is 11.9 Å². The van der Waals surface area contributed by atoms with Gasteiger partial charge in [0.1, 0.15) is 0 Å². The van der Waals surface area contributed by atoms with E-state index in [1.807, 2.05) is 0 Å². The highest BCUT2D eigenvalue weighted by atomic mass is 16.4. The van der Waals surface area contributed by atoms with Gasteiger partial charge in [-0.3, -0.25) is 9.59 Å². The van der Waals surface area contributed by atoms with Crippen molar-refractivity contribution < 1.29 is 19.8 Å². The zero-order valence-electron chi connectivity index (χ0n) is 25.6. The minimum absolute atomic E-state index is 0.299. The Morgan fingerprint density at radius 3 is 1.50 bits per heavy atom. The van der Waals surface area contributed by atoms with Crippen molar-refractivity contribution in [1.82, 2.24) is 0 Å². The molecule has 0 aliphatic heterocycles. The molecule has 40 heavy (non-hydrogen) atoms. The SMILES string of the molecule is C=CCCCC1C=CC2C(C=CC(CCCCCCCC(=O)O)C2CCCCCCCC(=O)O)C1CCCCC. The molecule has 2 aliphatic rings. The molecule has 0 saturated carbocycles. The van der Waals surface area contributed by atoms with Gasteiger partial charge in [-0.1, -0.05) is 108 Å². The summed E-state index contributed by atoms with van der Waals surface area (Å²) in [6.45, 7) is 6.25. The minimum Gasteiger partial charge on any atom is -0.481 e. The van der Waals surface area contributed by atoms with E-state index in [9.17, 15) is 9.59 Å². The summed E-state index contributed by atoms with van der Waals surface area (Å²) in [6.07, 6.45) is 35.4. The number of carboxylic acids is 2. The van der Waals surface area contributed by atoms with Crippen molar-refractivity contribution in [2.24, 2.45) is 35.5 Å². The summed E-state index contributed by atoms with van der Waals surface area (Å²) in [6, 6.07) is 0. The van der Waals surface area contributed by atoms with Gasteiger partial charge in [0.15, 0.2) is 0 Å². The molecule has 0 heterocycles. The van der Waals surface area contributed by atoms with Crippen molar-refractivity contribution in [3.63, 3.8) is 0 Å². The van der Waals surface area contributed by atoms with Gasteiger partial charge in [-0.2, -0.15) is 0 Å². The molecule has 6 unspecified atom stereocenters. The van der Waals surface area contributed by atoms with E-state index in [0.29, 0.717) is 42.4 Å². The summed E-state index contributed by atoms with van der Waals surface area (Å²) in [5, 5.41) is 17.8. The standard InChI is InChI=1S/C36H60O4/c1-3-5-13-19-29-25-27-34-32(22-16-10-8-12-18-24-36(39)40)30(20-15-9-7-11-17-23-35(37)38)26-28-33(34)31(29)21-14-6-4-2/h3,25-34H,1,4-24H2,2H3,(H,37,38)(H,39,40). The monoisotopic (exact) mass is 556 g/mol. The number of fused-ring (bicyclic) bond motifs is 1. The summed E-state index contributed by atoms with van der Waals surface area (Å²) in [5.74, 6) is 2.78. The number of carboxylic acid groups (broad SMARTS) is 2. The van der Waals surface area contributed by atoms with Crippen LogP contribution in [0.15, 0.2) is 37.0 Å². The molecular weight excluding hydrogens is 496 g/mol. The number of allylic oxidation sites excluding steroid dienone is 5. The van der Waals surface area contributed by atoms with E-state index in [1.165, 1.54) is 77.0 Å². The normalized spacial score (nSPS) is 25.5. The highest BCUT2D eigenvalue weighted by molar-refractivity contribution is 5.66. The van der Waals surface area contributed by atoms with Crippen LogP contribution in [-0.4, -0.2) is 22.2 Å². The van der Waals surface area contributed by atoms with Crippen LogP contribution in [0, 0.1) is 35.5 Å². The molecule has 0 bridgehead atoms. The van der Waals surface area contributed by atoms with Crippen LogP contribution in [0.3, 0.4) is 0 Å². The Morgan fingerprint density at radius 1 is 0.600 bits per heavy atom. The zero-order valence-corrected chi connectivity index (χ0v) is 25.6. The molecule has 4 heteroatoms. The van der Waals surface area contributed by atoms with Crippen molar-refractivity contribution >= 4 is 11.9 Å². The molecule has 0 aromatic heterocycles. The molecule has 2 rings (SSSR count). The van der Waals surface area contributed by atoms with Crippen LogP contribution < -0.4 is 0 Å². The number of rotatable bonds is 24. The first-order valence-corrected chi connectivity index (χ1v) is 16.9. The van der Waals surface area contributed by atoms with Crippen molar-refractivity contribution in [2.45, 2.75) is 142 Å². The third-order valence-electron chi connectivity index (χ3n) is 9.64. The molecule has 0 saturated heterocycles. The van der Waals surface area contributed by atoms with E-state index in [-0.39, 0.29) is 0 Å². The molecule has 2 aliphatic carbocycles. The first kappa shape index (κ1) is 34.4. The summed E-state index contributed by atoms with van der Waals surface area (Å²) >= 11 is 0. The van der Waals surface area contributed by atoms with Crippen LogP contribution in [0.5, 0.6) is 0 Å². The van der Waals surface area contributed by atoms with Crippen LogP contribution in [0.2, 0.25) is 0 Å². The molecule has 2 N–H and O–H groups in total. The summed E-state index contributed by atoms with van der Waals surface area (Å²) in [5.41, 5.74) is 0. The zero-order chi connectivity index (χ0) is 29.0. The average molecular weight is 557 g/mol.